The van der Waals surface area contributed by atoms with E-state index in [1.807, 2.05) is 0 Å². The smallest absolute Gasteiger partial charge is 0.338 e. The predicted molar refractivity (Wildman–Crippen MR) is 135 cm³/mol. The van der Waals surface area contributed by atoms with Gasteiger partial charge in [-0.25, -0.2) is 4.79 Å². The van der Waals surface area contributed by atoms with E-state index in [1.54, 1.807) is 75.6 Å². The van der Waals surface area contributed by atoms with Gasteiger partial charge in [-0.3, -0.25) is 4.79 Å². The number of amides is 1. The second-order valence-electron chi connectivity index (χ2n) is 8.86. The van der Waals surface area contributed by atoms with E-state index in [9.17, 15) is 9.59 Å². The maximum atomic E-state index is 13.1. The fourth-order valence-electron chi connectivity index (χ4n) is 4.01. The number of carbonyl (C=O) groups is 2. The fourth-order valence-corrected chi connectivity index (χ4v) is 4.17. The molecule has 2 aliphatic heterocycles. The lowest BCUT2D eigenvalue weighted by molar-refractivity contribution is -0.360. The van der Waals surface area contributed by atoms with Gasteiger partial charge in [0.05, 0.1) is 19.3 Å². The number of ether oxygens (including phenoxy) is 6. The van der Waals surface area contributed by atoms with Crippen molar-refractivity contribution in [2.45, 2.75) is 54.1 Å². The summed E-state index contributed by atoms with van der Waals surface area (Å²) in [6.07, 6.45) is -3.82. The second-order valence-corrected chi connectivity index (χ2v) is 11.1. The SMILES string of the molecule is COc1ccc(O[C@@H]2O[C@@H]3COC(C)(C)O[C@@H]3[C@H](OC(=O)c3ccccc3)[C@H]2NC(=O)C(Cl)(Cl)Cl)cc1. The lowest BCUT2D eigenvalue weighted by Crippen LogP contribution is -2.70. The normalized spacial score (nSPS) is 26.9. The number of benzene rings is 2. The van der Waals surface area contributed by atoms with Gasteiger partial charge in [0.2, 0.25) is 6.29 Å². The van der Waals surface area contributed by atoms with Crippen LogP contribution in [0, 0.1) is 0 Å². The van der Waals surface area contributed by atoms with Gasteiger partial charge in [0.1, 0.15) is 29.7 Å². The standard InChI is InChI=1S/C25H26Cl3NO8/c1-24(2)33-13-17-19(37-24)20(36-21(30)14-7-5-4-6-8-14)18(29-23(31)25(26,27)28)22(35-17)34-16-11-9-15(32-3)10-12-16/h4-12,17-20,22H,13H2,1-3H3,(H,29,31)/t17-,18-,19+,20-,22-/m1/s1. The van der Waals surface area contributed by atoms with Crippen molar-refractivity contribution in [3.05, 3.63) is 60.2 Å². The van der Waals surface area contributed by atoms with Crippen molar-refractivity contribution in [2.24, 2.45) is 0 Å². The van der Waals surface area contributed by atoms with E-state index >= 15 is 0 Å². The van der Waals surface area contributed by atoms with Crippen molar-refractivity contribution in [2.75, 3.05) is 13.7 Å². The maximum Gasteiger partial charge on any atom is 0.338 e. The number of esters is 1. The van der Waals surface area contributed by atoms with Crippen LogP contribution in [0.3, 0.4) is 0 Å². The molecule has 2 aromatic carbocycles. The molecule has 200 valence electrons. The first-order valence-corrected chi connectivity index (χ1v) is 12.5. The predicted octanol–water partition coefficient (Wildman–Crippen LogP) is 4.03. The molecule has 2 aromatic rings. The largest absolute Gasteiger partial charge is 0.497 e. The van der Waals surface area contributed by atoms with Gasteiger partial charge in [0, 0.05) is 0 Å². The van der Waals surface area contributed by atoms with Crippen LogP contribution in [0.15, 0.2) is 54.6 Å². The average Bonchev–Trinajstić information content (AvgIpc) is 2.86. The van der Waals surface area contributed by atoms with Crippen LogP contribution in [0.2, 0.25) is 0 Å². The molecule has 2 heterocycles. The summed E-state index contributed by atoms with van der Waals surface area (Å²) < 4.78 is 32.9. The zero-order valence-electron chi connectivity index (χ0n) is 20.2. The van der Waals surface area contributed by atoms with Gasteiger partial charge in [-0.15, -0.1) is 0 Å². The molecule has 0 aromatic heterocycles. The summed E-state index contributed by atoms with van der Waals surface area (Å²) in [5, 5.41) is 2.61. The van der Waals surface area contributed by atoms with Crippen LogP contribution in [-0.2, 0) is 23.7 Å². The molecular formula is C25H26Cl3NO8. The van der Waals surface area contributed by atoms with Crippen molar-refractivity contribution in [1.82, 2.24) is 5.32 Å². The molecule has 0 aliphatic carbocycles. The van der Waals surface area contributed by atoms with Crippen LogP contribution in [-0.4, -0.2) is 65.8 Å². The summed E-state index contributed by atoms with van der Waals surface area (Å²) in [5.74, 6) is -1.61. The monoisotopic (exact) mass is 573 g/mol. The molecule has 4 rings (SSSR count). The topological polar surface area (TPSA) is 102 Å². The molecular weight excluding hydrogens is 549 g/mol. The number of carbonyl (C=O) groups excluding carboxylic acids is 2. The first kappa shape index (κ1) is 27.8. The number of halogens is 3. The van der Waals surface area contributed by atoms with Crippen LogP contribution in [0.25, 0.3) is 0 Å². The van der Waals surface area contributed by atoms with E-state index in [-0.39, 0.29) is 6.61 Å². The van der Waals surface area contributed by atoms with Gasteiger partial charge in [-0.05, 0) is 50.2 Å². The third-order valence-corrected chi connectivity index (χ3v) is 6.30. The average molecular weight is 575 g/mol. The number of methoxy groups -OCH3 is 1. The Kier molecular flexibility index (Phi) is 8.42. The molecule has 12 heteroatoms. The molecule has 0 radical (unpaired) electrons. The molecule has 2 saturated heterocycles. The van der Waals surface area contributed by atoms with E-state index in [0.717, 1.165) is 0 Å². The third-order valence-electron chi connectivity index (χ3n) is 5.78. The lowest BCUT2D eigenvalue weighted by atomic mass is 9.94. The Hall–Kier alpha value is -2.27. The van der Waals surface area contributed by atoms with Gasteiger partial charge >= 0.3 is 5.97 Å². The summed E-state index contributed by atoms with van der Waals surface area (Å²) in [6, 6.07) is 14.0. The number of rotatable bonds is 6. The Labute approximate surface area is 229 Å². The summed E-state index contributed by atoms with van der Waals surface area (Å²) in [5.41, 5.74) is 0.302. The highest BCUT2D eigenvalue weighted by molar-refractivity contribution is 6.76. The van der Waals surface area contributed by atoms with E-state index in [1.165, 1.54) is 0 Å². The zero-order chi connectivity index (χ0) is 26.8. The Morgan fingerprint density at radius 2 is 1.68 bits per heavy atom. The third kappa shape index (κ3) is 6.79. The van der Waals surface area contributed by atoms with E-state index in [2.05, 4.69) is 5.32 Å². The van der Waals surface area contributed by atoms with Crippen LogP contribution in [0.1, 0.15) is 24.2 Å². The molecule has 2 aliphatic rings. The molecule has 0 bridgehead atoms. The van der Waals surface area contributed by atoms with Crippen molar-refractivity contribution in [3.8, 4) is 11.5 Å². The molecule has 9 nitrogen and oxygen atoms in total. The minimum atomic E-state index is -2.30. The van der Waals surface area contributed by atoms with Crippen LogP contribution >= 0.6 is 34.8 Å². The zero-order valence-corrected chi connectivity index (χ0v) is 22.5. The van der Waals surface area contributed by atoms with Crippen LogP contribution in [0.4, 0.5) is 0 Å². The molecule has 0 spiro atoms. The number of fused-ring (bicyclic) bond motifs is 1. The second kappa shape index (κ2) is 11.2. The highest BCUT2D eigenvalue weighted by Gasteiger charge is 2.55. The van der Waals surface area contributed by atoms with Gasteiger partial charge in [0.15, 0.2) is 11.9 Å². The minimum absolute atomic E-state index is 0.116. The summed E-state index contributed by atoms with van der Waals surface area (Å²) in [6.45, 7) is 3.55. The molecule has 5 atom stereocenters. The number of hydrogen-bond acceptors (Lipinski definition) is 8. The summed E-state index contributed by atoms with van der Waals surface area (Å²) in [4.78, 5) is 25.9. The number of nitrogens with one attached hydrogen (secondary N) is 1. The molecule has 1 amide bonds. The number of hydrogen-bond donors (Lipinski definition) is 1. The Morgan fingerprint density at radius 1 is 1.03 bits per heavy atom. The van der Waals surface area contributed by atoms with Crippen molar-refractivity contribution in [1.29, 1.82) is 0 Å². The maximum absolute atomic E-state index is 13.1. The van der Waals surface area contributed by atoms with Gasteiger partial charge in [-0.1, -0.05) is 53.0 Å². The molecule has 2 fully saturated rings. The fraction of sp³-hybridized carbons (Fsp3) is 0.440. The summed E-state index contributed by atoms with van der Waals surface area (Å²) >= 11 is 17.5. The Morgan fingerprint density at radius 3 is 2.30 bits per heavy atom. The first-order valence-electron chi connectivity index (χ1n) is 11.4. The van der Waals surface area contributed by atoms with Gasteiger partial charge in [-0.2, -0.15) is 0 Å². The molecule has 1 N–H and O–H groups in total. The highest BCUT2D eigenvalue weighted by atomic mass is 35.6. The minimum Gasteiger partial charge on any atom is -0.497 e. The Bertz CT molecular complexity index is 1090. The van der Waals surface area contributed by atoms with Crippen LogP contribution < -0.4 is 14.8 Å². The highest BCUT2D eigenvalue weighted by Crippen LogP contribution is 2.36. The van der Waals surface area contributed by atoms with Crippen molar-refractivity contribution >= 4 is 46.7 Å². The lowest BCUT2D eigenvalue weighted by Gasteiger charge is -2.50. The summed E-state index contributed by atoms with van der Waals surface area (Å²) in [7, 11) is 1.54. The van der Waals surface area contributed by atoms with Gasteiger partial charge < -0.3 is 33.7 Å². The molecule has 0 saturated carbocycles. The van der Waals surface area contributed by atoms with Crippen LogP contribution in [0.5, 0.6) is 11.5 Å². The van der Waals surface area contributed by atoms with E-state index in [4.69, 9.17) is 63.2 Å². The molecule has 37 heavy (non-hydrogen) atoms. The number of alkyl halides is 3. The van der Waals surface area contributed by atoms with Gasteiger partial charge in [0.25, 0.3) is 9.70 Å². The van der Waals surface area contributed by atoms with Crippen molar-refractivity contribution in [3.63, 3.8) is 0 Å². The van der Waals surface area contributed by atoms with E-state index in [0.29, 0.717) is 17.1 Å². The van der Waals surface area contributed by atoms with Crippen molar-refractivity contribution < 1.29 is 38.0 Å². The molecule has 0 unspecified atom stereocenters. The Balaban J connectivity index is 1.70. The quantitative estimate of drug-likeness (QED) is 0.408. The van der Waals surface area contributed by atoms with E-state index < -0.39 is 52.1 Å². The first-order chi connectivity index (χ1) is 17.5.